The highest BCUT2D eigenvalue weighted by molar-refractivity contribution is 5.70. The predicted molar refractivity (Wildman–Crippen MR) is 282 cm³/mol. The maximum Gasteiger partial charge on any atom is 0.305 e. The quantitative estimate of drug-likeness (QED) is 0.0372. The molecule has 0 atom stereocenters. The molecule has 0 aliphatic heterocycles. The van der Waals surface area contributed by atoms with E-state index < -0.39 is 0 Å². The van der Waals surface area contributed by atoms with Crippen LogP contribution in [0.4, 0.5) is 0 Å². The van der Waals surface area contributed by atoms with Gasteiger partial charge in [0.15, 0.2) is 0 Å². The molecule has 8 aromatic carbocycles. The van der Waals surface area contributed by atoms with E-state index in [4.69, 9.17) is 28.4 Å². The van der Waals surface area contributed by atoms with Crippen LogP contribution in [0.2, 0.25) is 0 Å². The second-order valence-corrected chi connectivity index (χ2v) is 17.8. The van der Waals surface area contributed by atoms with Crippen molar-refractivity contribution in [3.63, 3.8) is 0 Å². The molecule has 0 amide bonds. The van der Waals surface area contributed by atoms with E-state index in [1.165, 1.54) is 0 Å². The Morgan fingerprint density at radius 1 is 0.292 bits per heavy atom. The molecule has 0 radical (unpaired) electrons. The van der Waals surface area contributed by atoms with Gasteiger partial charge in [0, 0.05) is 24.7 Å². The van der Waals surface area contributed by atoms with Crippen molar-refractivity contribution in [1.82, 2.24) is 0 Å². The summed E-state index contributed by atoms with van der Waals surface area (Å²) in [4.78, 5) is 26.3. The first-order valence-corrected chi connectivity index (χ1v) is 24.9. The van der Waals surface area contributed by atoms with E-state index in [2.05, 4.69) is 0 Å². The molecule has 0 N–H and O–H groups in total. The number of hydrogen-bond donors (Lipinski definition) is 0. The summed E-state index contributed by atoms with van der Waals surface area (Å²) in [6.07, 6.45) is 3.50. The summed E-state index contributed by atoms with van der Waals surface area (Å²) in [6, 6.07) is 72.2. The molecule has 0 aromatic heterocycles. The second kappa shape index (κ2) is 27.3. The lowest BCUT2D eigenvalue weighted by molar-refractivity contribution is -0.145. The Balaban J connectivity index is 0.799. The first kappa shape index (κ1) is 50.3. The van der Waals surface area contributed by atoms with Crippen molar-refractivity contribution >= 4 is 11.9 Å². The van der Waals surface area contributed by atoms with E-state index in [1.807, 2.05) is 218 Å². The van der Waals surface area contributed by atoms with Crippen molar-refractivity contribution in [3.05, 3.63) is 263 Å². The van der Waals surface area contributed by atoms with Crippen molar-refractivity contribution in [2.45, 2.75) is 76.8 Å². The van der Waals surface area contributed by atoms with E-state index in [0.29, 0.717) is 52.1 Å². The first-order chi connectivity index (χ1) is 35.5. The normalized spacial score (nSPS) is 11.0. The lowest BCUT2D eigenvalue weighted by Gasteiger charge is -2.19. The van der Waals surface area contributed by atoms with Crippen molar-refractivity contribution in [1.29, 1.82) is 0 Å². The van der Waals surface area contributed by atoms with Crippen molar-refractivity contribution < 1.29 is 38.0 Å². The molecule has 8 heteroatoms. The number of ether oxygens (including phenoxy) is 6. The van der Waals surface area contributed by atoms with Gasteiger partial charge in [-0.3, -0.25) is 9.59 Å². The van der Waals surface area contributed by atoms with Gasteiger partial charge in [0.25, 0.3) is 0 Å². The molecule has 0 saturated carbocycles. The van der Waals surface area contributed by atoms with Gasteiger partial charge in [0.1, 0.15) is 62.6 Å². The molecular formula is C64H62O8. The maximum absolute atomic E-state index is 13.2. The van der Waals surface area contributed by atoms with Crippen LogP contribution in [0.25, 0.3) is 0 Å². The number of rotatable bonds is 27. The highest BCUT2D eigenvalue weighted by Crippen LogP contribution is 2.31. The Morgan fingerprint density at radius 3 is 0.764 bits per heavy atom. The number of benzene rings is 8. The van der Waals surface area contributed by atoms with E-state index >= 15 is 0 Å². The molecule has 0 heterocycles. The van der Waals surface area contributed by atoms with Gasteiger partial charge >= 0.3 is 11.9 Å². The van der Waals surface area contributed by atoms with Crippen LogP contribution in [-0.4, -0.2) is 25.2 Å². The average molecular weight is 959 g/mol. The molecule has 0 unspecified atom stereocenters. The summed E-state index contributed by atoms with van der Waals surface area (Å²) in [6.45, 7) is 2.28. The molecule has 8 nitrogen and oxygen atoms in total. The number of hydrogen-bond acceptors (Lipinski definition) is 8. The van der Waals surface area contributed by atoms with Crippen LogP contribution in [0, 0.1) is 0 Å². The van der Waals surface area contributed by atoms with Crippen LogP contribution >= 0.6 is 0 Å². The summed E-state index contributed by atoms with van der Waals surface area (Å²) >= 11 is 0. The highest BCUT2D eigenvalue weighted by Gasteiger charge is 2.20. The minimum atomic E-state index is -0.248. The molecule has 366 valence electrons. The summed E-state index contributed by atoms with van der Waals surface area (Å²) in [5.74, 6) is 2.17. The minimum absolute atomic E-state index is 0.192. The predicted octanol–water partition coefficient (Wildman–Crippen LogP) is 14.4. The van der Waals surface area contributed by atoms with Gasteiger partial charge < -0.3 is 28.4 Å². The summed E-state index contributed by atoms with van der Waals surface area (Å²) < 4.78 is 36.1. The SMILES string of the molecule is O=C(CCCCCCC(=O)OCC(c1ccc(OCc2ccccc2)cc1)c1ccc(OCc2ccccc2)cc1)OCC(c1ccc(OCc2ccccc2)cc1)c1ccc(OCc2ccccc2)cc1. The summed E-state index contributed by atoms with van der Waals surface area (Å²) in [7, 11) is 0. The van der Waals surface area contributed by atoms with Crippen LogP contribution < -0.4 is 18.9 Å². The van der Waals surface area contributed by atoms with E-state index in [9.17, 15) is 9.59 Å². The van der Waals surface area contributed by atoms with Crippen LogP contribution in [-0.2, 0) is 45.5 Å². The summed E-state index contributed by atoms with van der Waals surface area (Å²) in [5, 5.41) is 0. The fourth-order valence-electron chi connectivity index (χ4n) is 8.31. The fourth-order valence-corrected chi connectivity index (χ4v) is 8.31. The molecule has 0 bridgehead atoms. The van der Waals surface area contributed by atoms with Gasteiger partial charge in [-0.05, 0) is 106 Å². The number of unbranched alkanes of at least 4 members (excludes halogenated alkanes) is 3. The first-order valence-electron chi connectivity index (χ1n) is 24.9. The van der Waals surface area contributed by atoms with Gasteiger partial charge in [-0.25, -0.2) is 0 Å². The zero-order valence-electron chi connectivity index (χ0n) is 40.7. The largest absolute Gasteiger partial charge is 0.489 e. The van der Waals surface area contributed by atoms with E-state index in [1.54, 1.807) is 0 Å². The topological polar surface area (TPSA) is 89.5 Å². The number of carbonyl (C=O) groups is 2. The van der Waals surface area contributed by atoms with Crippen molar-refractivity contribution in [3.8, 4) is 23.0 Å². The van der Waals surface area contributed by atoms with E-state index in [0.717, 1.165) is 80.3 Å². The third-order valence-electron chi connectivity index (χ3n) is 12.5. The second-order valence-electron chi connectivity index (χ2n) is 17.8. The Bertz CT molecular complexity index is 2430. The van der Waals surface area contributed by atoms with Gasteiger partial charge in [-0.15, -0.1) is 0 Å². The maximum atomic E-state index is 13.2. The number of esters is 2. The van der Waals surface area contributed by atoms with Gasteiger partial charge in [-0.1, -0.05) is 183 Å². The lowest BCUT2D eigenvalue weighted by atomic mass is 9.92. The Hall–Kier alpha value is -8.10. The van der Waals surface area contributed by atoms with Gasteiger partial charge in [-0.2, -0.15) is 0 Å². The molecule has 0 fully saturated rings. The van der Waals surface area contributed by atoms with Crippen molar-refractivity contribution in [2.75, 3.05) is 13.2 Å². The molecule has 0 aliphatic carbocycles. The third-order valence-corrected chi connectivity index (χ3v) is 12.5. The van der Waals surface area contributed by atoms with E-state index in [-0.39, 0.29) is 37.0 Å². The molecule has 8 rings (SSSR count). The lowest BCUT2D eigenvalue weighted by Crippen LogP contribution is -2.14. The Morgan fingerprint density at radius 2 is 0.528 bits per heavy atom. The summed E-state index contributed by atoms with van der Waals surface area (Å²) in [5.41, 5.74) is 8.41. The number of carbonyl (C=O) groups excluding carboxylic acids is 2. The van der Waals surface area contributed by atoms with Crippen LogP contribution in [0.3, 0.4) is 0 Å². The smallest absolute Gasteiger partial charge is 0.305 e. The highest BCUT2D eigenvalue weighted by atomic mass is 16.5. The monoisotopic (exact) mass is 958 g/mol. The van der Waals surface area contributed by atoms with Crippen LogP contribution in [0.1, 0.15) is 94.9 Å². The Labute approximate surface area is 424 Å². The van der Waals surface area contributed by atoms with Crippen LogP contribution in [0.15, 0.2) is 218 Å². The zero-order valence-corrected chi connectivity index (χ0v) is 40.7. The van der Waals surface area contributed by atoms with Crippen molar-refractivity contribution in [2.24, 2.45) is 0 Å². The van der Waals surface area contributed by atoms with Gasteiger partial charge in [0.2, 0.25) is 0 Å². The molecule has 72 heavy (non-hydrogen) atoms. The molecular weight excluding hydrogens is 897 g/mol. The standard InChI is InChI=1S/C64H62O8/c65-63(71-47-61(53-27-35-57(36-28-53)67-43-49-17-7-3-8-18-49)54-29-37-58(38-30-54)68-44-50-19-9-4-10-20-50)25-15-1-2-16-26-64(66)72-48-62(55-31-39-59(40-32-55)69-45-51-21-11-5-12-22-51)56-33-41-60(42-34-56)70-46-52-23-13-6-14-24-52/h3-14,17-24,27-42,61-62H,1-2,15-16,25-26,43-48H2. The Kier molecular flexibility index (Phi) is 19.1. The molecule has 0 aliphatic rings. The minimum Gasteiger partial charge on any atom is -0.489 e. The molecule has 8 aromatic rings. The van der Waals surface area contributed by atoms with Gasteiger partial charge in [0.05, 0.1) is 0 Å². The third kappa shape index (κ3) is 16.2. The zero-order chi connectivity index (χ0) is 49.4. The fraction of sp³-hybridized carbons (Fsp3) is 0.219. The molecule has 0 saturated heterocycles. The molecule has 0 spiro atoms. The average Bonchev–Trinajstić information content (AvgIpc) is 3.44. The van der Waals surface area contributed by atoms with Crippen LogP contribution in [0.5, 0.6) is 23.0 Å².